The Morgan fingerprint density at radius 1 is 1.25 bits per heavy atom. The molecule has 5 heteroatoms. The van der Waals surface area contributed by atoms with Gasteiger partial charge in [0.05, 0.1) is 28.0 Å². The zero-order valence-electron chi connectivity index (χ0n) is 6.04. The second-order valence-corrected chi connectivity index (χ2v) is 2.46. The Hall–Kier alpha value is -1.11. The fourth-order valence-corrected chi connectivity index (χ4v) is 0.844. The summed E-state index contributed by atoms with van der Waals surface area (Å²) in [5.74, 6) is 0. The molecule has 0 saturated carbocycles. The molecule has 1 rings (SSSR count). The Kier molecular flexibility index (Phi) is 3.68. The first kappa shape index (κ1) is 10.9. The van der Waals surface area contributed by atoms with Crippen molar-refractivity contribution in [2.24, 2.45) is 0 Å². The van der Waals surface area contributed by atoms with Crippen molar-refractivity contribution in [3.63, 3.8) is 0 Å². The molecule has 1 aromatic rings. The van der Waals surface area contributed by atoms with Crippen LogP contribution in [0.1, 0.15) is 5.56 Å². The fraction of sp³-hybridized carbons (Fsp3) is 0. The lowest BCUT2D eigenvalue weighted by Crippen LogP contribution is -1.93. The third-order valence-electron chi connectivity index (χ3n) is 1.26. The van der Waals surface area contributed by atoms with E-state index in [-0.39, 0.29) is 12.4 Å². The van der Waals surface area contributed by atoms with E-state index in [1.54, 1.807) is 0 Å². The summed E-state index contributed by atoms with van der Waals surface area (Å²) < 4.78 is 0. The lowest BCUT2D eigenvalue weighted by molar-refractivity contribution is 1.48. The summed E-state index contributed by atoms with van der Waals surface area (Å²) in [7, 11) is 0. The summed E-state index contributed by atoms with van der Waals surface area (Å²) in [6, 6.07) is 4.89. The zero-order valence-corrected chi connectivity index (χ0v) is 7.62. The number of nitrogens with two attached hydrogens (primary N) is 2. The number of halogens is 2. The smallest absolute Gasteiger partial charge is 0.0993 e. The predicted molar refractivity (Wildman–Crippen MR) is 52.2 cm³/mol. The third kappa shape index (κ3) is 1.94. The standard InChI is InChI=1S/C7H6ClN3.ClH/c8-7-5(10)1-4(3-9)2-6(7)11;/h1-2H,10-11H2;1H. The van der Waals surface area contributed by atoms with E-state index >= 15 is 0 Å². The molecule has 1 aromatic carbocycles. The Bertz CT molecular complexity index is 307. The molecule has 0 radical (unpaired) electrons. The molecule has 12 heavy (non-hydrogen) atoms. The molecule has 0 fully saturated rings. The van der Waals surface area contributed by atoms with Crippen molar-refractivity contribution in [2.75, 3.05) is 11.5 Å². The Labute approximate surface area is 81.3 Å². The first-order chi connectivity index (χ1) is 5.15. The Morgan fingerprint density at radius 2 is 1.67 bits per heavy atom. The molecule has 4 N–H and O–H groups in total. The van der Waals surface area contributed by atoms with Crippen molar-refractivity contribution in [1.82, 2.24) is 0 Å². The quantitative estimate of drug-likeness (QED) is 0.632. The minimum absolute atomic E-state index is 0. The lowest BCUT2D eigenvalue weighted by atomic mass is 10.2. The Balaban J connectivity index is 0.00000121. The van der Waals surface area contributed by atoms with E-state index in [1.807, 2.05) is 6.07 Å². The molecule has 0 unspecified atom stereocenters. The van der Waals surface area contributed by atoms with Gasteiger partial charge in [-0.05, 0) is 12.1 Å². The number of nitriles is 1. The van der Waals surface area contributed by atoms with Gasteiger partial charge in [-0.2, -0.15) is 5.26 Å². The van der Waals surface area contributed by atoms with E-state index in [9.17, 15) is 0 Å². The molecule has 0 spiro atoms. The highest BCUT2D eigenvalue weighted by atomic mass is 35.5. The molecule has 64 valence electrons. The van der Waals surface area contributed by atoms with E-state index < -0.39 is 0 Å². The summed E-state index contributed by atoms with van der Waals surface area (Å²) in [4.78, 5) is 0. The monoisotopic (exact) mass is 203 g/mol. The van der Waals surface area contributed by atoms with E-state index in [4.69, 9.17) is 28.3 Å². The van der Waals surface area contributed by atoms with Crippen LogP contribution in [0.2, 0.25) is 5.02 Å². The minimum atomic E-state index is 0. The van der Waals surface area contributed by atoms with Crippen molar-refractivity contribution >= 4 is 35.4 Å². The van der Waals surface area contributed by atoms with E-state index in [2.05, 4.69) is 0 Å². The van der Waals surface area contributed by atoms with E-state index in [1.165, 1.54) is 12.1 Å². The first-order valence-corrected chi connectivity index (χ1v) is 3.27. The molecule has 0 amide bonds. The van der Waals surface area contributed by atoms with Gasteiger partial charge in [-0.15, -0.1) is 12.4 Å². The normalized spacial score (nSPS) is 8.33. The van der Waals surface area contributed by atoms with Crippen LogP contribution in [0.25, 0.3) is 0 Å². The lowest BCUT2D eigenvalue weighted by Gasteiger charge is -2.01. The van der Waals surface area contributed by atoms with Crippen molar-refractivity contribution in [3.05, 3.63) is 22.7 Å². The van der Waals surface area contributed by atoms with Crippen LogP contribution < -0.4 is 11.5 Å². The van der Waals surface area contributed by atoms with Crippen LogP contribution >= 0.6 is 24.0 Å². The maximum atomic E-state index is 8.47. The first-order valence-electron chi connectivity index (χ1n) is 2.89. The van der Waals surface area contributed by atoms with Crippen LogP contribution in [0.15, 0.2) is 12.1 Å². The topological polar surface area (TPSA) is 75.8 Å². The second kappa shape index (κ2) is 4.05. The molecule has 0 aromatic heterocycles. The number of anilines is 2. The molecule has 0 aliphatic carbocycles. The van der Waals surface area contributed by atoms with Gasteiger partial charge in [0, 0.05) is 0 Å². The summed E-state index contributed by atoms with van der Waals surface area (Å²) in [5.41, 5.74) is 12.0. The van der Waals surface area contributed by atoms with Gasteiger partial charge in [-0.1, -0.05) is 11.6 Å². The van der Waals surface area contributed by atoms with E-state index in [0.717, 1.165) is 0 Å². The third-order valence-corrected chi connectivity index (χ3v) is 1.69. The summed E-state index contributed by atoms with van der Waals surface area (Å²) in [6.07, 6.45) is 0. The minimum Gasteiger partial charge on any atom is -0.397 e. The SMILES string of the molecule is Cl.N#Cc1cc(N)c(Cl)c(N)c1. The second-order valence-electron chi connectivity index (χ2n) is 2.08. The molecule has 3 nitrogen and oxygen atoms in total. The van der Waals surface area contributed by atoms with Crippen LogP contribution in [0.5, 0.6) is 0 Å². The van der Waals surface area contributed by atoms with Crippen molar-refractivity contribution in [3.8, 4) is 6.07 Å². The zero-order chi connectivity index (χ0) is 8.43. The van der Waals surface area contributed by atoms with Crippen molar-refractivity contribution in [1.29, 1.82) is 5.26 Å². The van der Waals surface area contributed by atoms with Crippen LogP contribution in [-0.4, -0.2) is 0 Å². The van der Waals surface area contributed by atoms with Gasteiger partial charge in [-0.25, -0.2) is 0 Å². The summed E-state index contributed by atoms with van der Waals surface area (Å²) in [5, 5.41) is 8.78. The van der Waals surface area contributed by atoms with Gasteiger partial charge in [0.1, 0.15) is 0 Å². The average Bonchev–Trinajstić information content (AvgIpc) is 1.99. The fourth-order valence-electron chi connectivity index (χ4n) is 0.735. The number of nitrogen functional groups attached to an aromatic ring is 2. The molecular weight excluding hydrogens is 197 g/mol. The van der Waals surface area contributed by atoms with Gasteiger partial charge in [0.2, 0.25) is 0 Å². The van der Waals surface area contributed by atoms with Gasteiger partial charge < -0.3 is 11.5 Å². The molecule has 0 saturated heterocycles. The van der Waals surface area contributed by atoms with Gasteiger partial charge in [-0.3, -0.25) is 0 Å². The highest BCUT2D eigenvalue weighted by Crippen LogP contribution is 2.26. The van der Waals surface area contributed by atoms with Crippen LogP contribution in [-0.2, 0) is 0 Å². The Morgan fingerprint density at radius 3 is 2.00 bits per heavy atom. The van der Waals surface area contributed by atoms with Crippen molar-refractivity contribution < 1.29 is 0 Å². The van der Waals surface area contributed by atoms with Crippen LogP contribution in [0.4, 0.5) is 11.4 Å². The number of hydrogen-bond donors (Lipinski definition) is 2. The molecule has 0 bridgehead atoms. The predicted octanol–water partition coefficient (Wildman–Crippen LogP) is 1.80. The van der Waals surface area contributed by atoms with Gasteiger partial charge in [0.15, 0.2) is 0 Å². The largest absolute Gasteiger partial charge is 0.397 e. The molecule has 0 atom stereocenters. The number of benzene rings is 1. The highest BCUT2D eigenvalue weighted by Gasteiger charge is 2.02. The molecular formula is C7H7Cl2N3. The summed E-state index contributed by atoms with van der Waals surface area (Å²) in [6.45, 7) is 0. The molecule has 0 aliphatic rings. The average molecular weight is 204 g/mol. The maximum Gasteiger partial charge on any atom is 0.0993 e. The maximum absolute atomic E-state index is 8.47. The van der Waals surface area contributed by atoms with Gasteiger partial charge in [0.25, 0.3) is 0 Å². The van der Waals surface area contributed by atoms with Crippen molar-refractivity contribution in [2.45, 2.75) is 0 Å². The number of hydrogen-bond acceptors (Lipinski definition) is 3. The van der Waals surface area contributed by atoms with Gasteiger partial charge >= 0.3 is 0 Å². The number of rotatable bonds is 0. The summed E-state index contributed by atoms with van der Waals surface area (Å²) >= 11 is 5.65. The highest BCUT2D eigenvalue weighted by molar-refractivity contribution is 6.35. The molecule has 0 heterocycles. The molecule has 0 aliphatic heterocycles. The number of nitrogens with zero attached hydrogens (tertiary/aromatic N) is 1. The van der Waals surface area contributed by atoms with E-state index in [0.29, 0.717) is 22.0 Å². The van der Waals surface area contributed by atoms with Crippen LogP contribution in [0.3, 0.4) is 0 Å². The van der Waals surface area contributed by atoms with Crippen LogP contribution in [0, 0.1) is 11.3 Å².